The Morgan fingerprint density at radius 3 is 1.53 bits per heavy atom. The van der Waals surface area contributed by atoms with Gasteiger partial charge in [0.15, 0.2) is 0 Å². The van der Waals surface area contributed by atoms with E-state index in [0.29, 0.717) is 12.0 Å². The quantitative estimate of drug-likeness (QED) is 0.210. The molecule has 0 amide bonds. The minimum absolute atomic E-state index is 0. The van der Waals surface area contributed by atoms with Gasteiger partial charge in [0.05, 0.1) is 4.90 Å². The maximum Gasteiger partial charge on any atom is 1.00 e. The first-order valence-electron chi connectivity index (χ1n) is 11.7. The zero-order valence-electron chi connectivity index (χ0n) is 19.3. The van der Waals surface area contributed by atoms with Crippen molar-refractivity contribution in [2.75, 3.05) is 0 Å². The fourth-order valence-corrected chi connectivity index (χ4v) is 4.60. The minimum Gasteiger partial charge on any atom is -0.872 e. The Morgan fingerprint density at radius 2 is 1.13 bits per heavy atom. The van der Waals surface area contributed by atoms with Gasteiger partial charge < -0.3 is 5.11 Å². The fourth-order valence-electron chi connectivity index (χ4n) is 3.87. The molecule has 30 heavy (non-hydrogen) atoms. The van der Waals surface area contributed by atoms with Crippen LogP contribution in [0.5, 0.6) is 5.75 Å². The number of hydrogen-bond acceptors (Lipinski definition) is 3. The van der Waals surface area contributed by atoms with E-state index in [4.69, 9.17) is 0 Å². The van der Waals surface area contributed by atoms with Crippen LogP contribution in [-0.2, 0) is 16.5 Å². The number of hydrogen-bond donors (Lipinski definition) is 1. The van der Waals surface area contributed by atoms with Gasteiger partial charge in [-0.2, -0.15) is 8.42 Å². The summed E-state index contributed by atoms with van der Waals surface area (Å²) in [7, 11) is -4.26. The second-order valence-electron chi connectivity index (χ2n) is 8.30. The Bertz CT molecular complexity index is 647. The van der Waals surface area contributed by atoms with Crippen molar-refractivity contribution in [3.05, 3.63) is 23.8 Å². The van der Waals surface area contributed by atoms with Crippen LogP contribution < -0.4 is 34.7 Å². The first-order valence-corrected chi connectivity index (χ1v) is 13.2. The van der Waals surface area contributed by atoms with Crippen molar-refractivity contribution in [3.63, 3.8) is 0 Å². The molecule has 0 aromatic heterocycles. The first-order chi connectivity index (χ1) is 13.9. The van der Waals surface area contributed by atoms with E-state index in [0.717, 1.165) is 19.3 Å². The Kier molecular flexibility index (Phi) is 18.5. The molecule has 0 unspecified atom stereocenters. The van der Waals surface area contributed by atoms with E-state index in [-0.39, 0.29) is 40.2 Å². The SMILES string of the molecule is CCCCCCCCCCCCCCCCCCc1cc([O-])ccc1S(=O)(=O)O.[Na+]. The van der Waals surface area contributed by atoms with Crippen LogP contribution in [0.25, 0.3) is 0 Å². The molecule has 1 rings (SSSR count). The largest absolute Gasteiger partial charge is 1.00 e. The molecule has 0 heterocycles. The maximum atomic E-state index is 11.5. The van der Waals surface area contributed by atoms with Gasteiger partial charge in [-0.15, -0.1) is 5.75 Å². The van der Waals surface area contributed by atoms with Crippen LogP contribution >= 0.6 is 0 Å². The van der Waals surface area contributed by atoms with E-state index in [9.17, 15) is 18.1 Å². The van der Waals surface area contributed by atoms with Crippen LogP contribution in [0.1, 0.15) is 115 Å². The molecule has 0 saturated heterocycles. The van der Waals surface area contributed by atoms with Crippen LogP contribution in [0, 0.1) is 0 Å². The molecule has 0 spiro atoms. The molecule has 4 nitrogen and oxygen atoms in total. The van der Waals surface area contributed by atoms with Crippen molar-refractivity contribution in [3.8, 4) is 5.75 Å². The summed E-state index contributed by atoms with van der Waals surface area (Å²) >= 11 is 0. The van der Waals surface area contributed by atoms with Gasteiger partial charge in [0, 0.05) is 0 Å². The Labute approximate surface area is 207 Å². The van der Waals surface area contributed by atoms with E-state index in [1.54, 1.807) is 0 Å². The third-order valence-electron chi connectivity index (χ3n) is 5.61. The monoisotopic (exact) mass is 448 g/mol. The average molecular weight is 449 g/mol. The van der Waals surface area contributed by atoms with Crippen molar-refractivity contribution >= 4 is 10.1 Å². The predicted octanol–water partition coefficient (Wildman–Crippen LogP) is 3.81. The number of aryl methyl sites for hydroxylation is 1. The Balaban J connectivity index is 0.00000841. The summed E-state index contributed by atoms with van der Waals surface area (Å²) in [5.41, 5.74) is 0.436. The van der Waals surface area contributed by atoms with E-state index >= 15 is 0 Å². The van der Waals surface area contributed by atoms with Crippen LogP contribution in [0.2, 0.25) is 0 Å². The third-order valence-corrected chi connectivity index (χ3v) is 6.56. The van der Waals surface area contributed by atoms with E-state index in [1.165, 1.54) is 102 Å². The molecule has 0 atom stereocenters. The molecule has 0 aliphatic heterocycles. The van der Waals surface area contributed by atoms with Gasteiger partial charge in [0.25, 0.3) is 10.1 Å². The van der Waals surface area contributed by atoms with E-state index in [1.807, 2.05) is 0 Å². The van der Waals surface area contributed by atoms with E-state index in [2.05, 4.69) is 6.92 Å². The Hall–Kier alpha value is -0.0700. The number of unbranched alkanes of at least 4 members (excludes halogenated alkanes) is 15. The molecule has 0 bridgehead atoms. The molecular formula is C24H41NaO4S. The molecule has 0 aliphatic rings. The van der Waals surface area contributed by atoms with Gasteiger partial charge in [0.2, 0.25) is 0 Å². The summed E-state index contributed by atoms with van der Waals surface area (Å²) in [4.78, 5) is -0.127. The van der Waals surface area contributed by atoms with E-state index < -0.39 is 10.1 Å². The molecule has 168 valence electrons. The molecule has 0 fully saturated rings. The van der Waals surface area contributed by atoms with Crippen LogP contribution in [-0.4, -0.2) is 13.0 Å². The molecule has 6 heteroatoms. The van der Waals surface area contributed by atoms with Crippen molar-refractivity contribution in [1.82, 2.24) is 0 Å². The summed E-state index contributed by atoms with van der Waals surface area (Å²) in [5.74, 6) is -0.219. The normalized spacial score (nSPS) is 11.4. The zero-order valence-corrected chi connectivity index (χ0v) is 22.1. The predicted molar refractivity (Wildman–Crippen MR) is 119 cm³/mol. The summed E-state index contributed by atoms with van der Waals surface area (Å²) < 4.78 is 32.0. The van der Waals surface area contributed by atoms with Crippen molar-refractivity contribution in [2.24, 2.45) is 0 Å². The van der Waals surface area contributed by atoms with Gasteiger partial charge >= 0.3 is 29.6 Å². The zero-order chi connectivity index (χ0) is 21.4. The van der Waals surface area contributed by atoms with Gasteiger partial charge in [-0.05, 0) is 24.5 Å². The van der Waals surface area contributed by atoms with Crippen LogP contribution in [0.3, 0.4) is 0 Å². The molecule has 1 aromatic rings. The van der Waals surface area contributed by atoms with Gasteiger partial charge in [-0.25, -0.2) is 0 Å². The van der Waals surface area contributed by atoms with Crippen molar-refractivity contribution < 1.29 is 47.6 Å². The first kappa shape index (κ1) is 29.9. The molecule has 1 aromatic carbocycles. The topological polar surface area (TPSA) is 77.4 Å². The van der Waals surface area contributed by atoms with Crippen molar-refractivity contribution in [2.45, 2.75) is 121 Å². The second kappa shape index (κ2) is 18.5. The molecule has 0 saturated carbocycles. The summed E-state index contributed by atoms with van der Waals surface area (Å²) in [6.07, 6.45) is 21.1. The van der Waals surface area contributed by atoms with Crippen LogP contribution in [0.4, 0.5) is 0 Å². The smallest absolute Gasteiger partial charge is 0.872 e. The summed E-state index contributed by atoms with van der Waals surface area (Å²) in [5, 5.41) is 11.5. The van der Waals surface area contributed by atoms with Gasteiger partial charge in [-0.1, -0.05) is 115 Å². The molecular weight excluding hydrogens is 407 g/mol. The minimum atomic E-state index is -4.26. The van der Waals surface area contributed by atoms with Crippen molar-refractivity contribution in [1.29, 1.82) is 0 Å². The average Bonchev–Trinajstić information content (AvgIpc) is 2.66. The molecule has 1 N–H and O–H groups in total. The van der Waals surface area contributed by atoms with Crippen LogP contribution in [0.15, 0.2) is 23.1 Å². The standard InChI is InChI=1S/C24H42O4S.Na/c1-2-3-4-5-6-7-8-9-10-11-12-13-14-15-16-17-18-22-21-23(25)19-20-24(22)29(26,27)28;/h19-21,25H,2-18H2,1H3,(H,26,27,28);/q;+1/p-1. The Morgan fingerprint density at radius 1 is 0.733 bits per heavy atom. The van der Waals surface area contributed by atoms with Gasteiger partial charge in [-0.3, -0.25) is 4.55 Å². The third kappa shape index (κ3) is 14.9. The fraction of sp³-hybridized carbons (Fsp3) is 0.750. The number of benzene rings is 1. The number of rotatable bonds is 18. The molecule has 0 aliphatic carbocycles. The summed E-state index contributed by atoms with van der Waals surface area (Å²) in [6, 6.07) is 3.72. The van der Waals surface area contributed by atoms with Gasteiger partial charge in [0.1, 0.15) is 0 Å². The second-order valence-corrected chi connectivity index (χ2v) is 9.69. The maximum absolute atomic E-state index is 11.5. The molecule has 0 radical (unpaired) electrons. The summed E-state index contributed by atoms with van der Waals surface area (Å²) in [6.45, 7) is 2.26.